The van der Waals surface area contributed by atoms with Gasteiger partial charge in [-0.2, -0.15) is 0 Å². The van der Waals surface area contributed by atoms with Gasteiger partial charge in [-0.25, -0.2) is 0 Å². The number of rotatable bonds is 6. The Labute approximate surface area is 153 Å². The predicted molar refractivity (Wildman–Crippen MR) is 102 cm³/mol. The van der Waals surface area contributed by atoms with Gasteiger partial charge in [-0.05, 0) is 31.0 Å². The molecule has 0 aromatic heterocycles. The van der Waals surface area contributed by atoms with Gasteiger partial charge < -0.3 is 10.0 Å². The lowest BCUT2D eigenvalue weighted by Gasteiger charge is -2.30. The summed E-state index contributed by atoms with van der Waals surface area (Å²) in [4.78, 5) is 14.8. The molecular weight excluding hydrogens is 330 g/mol. The van der Waals surface area contributed by atoms with Crippen LogP contribution in [0.4, 0.5) is 11.4 Å². The highest BCUT2D eigenvalue weighted by Crippen LogP contribution is 2.28. The van der Waals surface area contributed by atoms with Crippen molar-refractivity contribution < 1.29 is 10.0 Å². The topological polar surface area (TPSA) is 69.8 Å². The van der Waals surface area contributed by atoms with Gasteiger partial charge in [-0.15, -0.1) is 0 Å². The molecule has 0 spiro atoms. The highest BCUT2D eigenvalue weighted by Gasteiger charge is 2.37. The van der Waals surface area contributed by atoms with E-state index in [2.05, 4.69) is 17.0 Å². The minimum atomic E-state index is -0.779. The molecule has 6 nitrogen and oxygen atoms in total. The number of anilines is 1. The molecule has 0 bridgehead atoms. The van der Waals surface area contributed by atoms with E-state index in [4.69, 9.17) is 0 Å². The van der Waals surface area contributed by atoms with Gasteiger partial charge in [-0.1, -0.05) is 30.3 Å². The molecule has 2 aromatic rings. The lowest BCUT2D eigenvalue weighted by atomic mass is 10.0. The second-order valence-corrected chi connectivity index (χ2v) is 7.25. The summed E-state index contributed by atoms with van der Waals surface area (Å²) in [7, 11) is 1.92. The Kier molecular flexibility index (Phi) is 5.25. The quantitative estimate of drug-likeness (QED) is 0.637. The van der Waals surface area contributed by atoms with E-state index in [1.165, 1.54) is 11.6 Å². The molecular formula is C20H25N3O3. The number of likely N-dealkylation sites (tertiary alicyclic amines) is 1. The summed E-state index contributed by atoms with van der Waals surface area (Å²) in [5.41, 5.74) is 2.09. The van der Waals surface area contributed by atoms with Crippen LogP contribution in [0.25, 0.3) is 0 Å². The molecule has 1 unspecified atom stereocenters. The Morgan fingerprint density at radius 3 is 2.65 bits per heavy atom. The lowest BCUT2D eigenvalue weighted by molar-refractivity contribution is -0.385. The van der Waals surface area contributed by atoms with Gasteiger partial charge in [0.1, 0.15) is 0 Å². The maximum absolute atomic E-state index is 11.0. The van der Waals surface area contributed by atoms with Crippen molar-refractivity contribution in [3.63, 3.8) is 0 Å². The number of hydrogen-bond donors (Lipinski definition) is 1. The minimum absolute atomic E-state index is 0.121. The van der Waals surface area contributed by atoms with Crippen molar-refractivity contribution in [1.82, 2.24) is 4.90 Å². The first-order chi connectivity index (χ1) is 12.4. The zero-order chi connectivity index (χ0) is 18.7. The van der Waals surface area contributed by atoms with Crippen LogP contribution < -0.4 is 4.90 Å². The molecule has 1 atom stereocenters. The third kappa shape index (κ3) is 4.20. The summed E-state index contributed by atoms with van der Waals surface area (Å²) < 4.78 is 0. The Morgan fingerprint density at radius 2 is 2.00 bits per heavy atom. The molecule has 0 aliphatic carbocycles. The van der Waals surface area contributed by atoms with Crippen LogP contribution in [0.3, 0.4) is 0 Å². The fraction of sp³-hybridized carbons (Fsp3) is 0.400. The molecule has 0 saturated carbocycles. The van der Waals surface area contributed by atoms with Crippen LogP contribution in [0.1, 0.15) is 17.5 Å². The summed E-state index contributed by atoms with van der Waals surface area (Å²) in [6.45, 7) is 4.55. The van der Waals surface area contributed by atoms with E-state index in [9.17, 15) is 15.2 Å². The normalized spacial score (nSPS) is 20.3. The largest absolute Gasteiger partial charge is 0.387 e. The van der Waals surface area contributed by atoms with Gasteiger partial charge in [0.25, 0.3) is 5.69 Å². The lowest BCUT2D eigenvalue weighted by Crippen LogP contribution is -2.43. The van der Waals surface area contributed by atoms with Crippen molar-refractivity contribution in [1.29, 1.82) is 0 Å². The highest BCUT2D eigenvalue weighted by molar-refractivity contribution is 5.55. The van der Waals surface area contributed by atoms with Gasteiger partial charge in [0.05, 0.1) is 10.5 Å². The highest BCUT2D eigenvalue weighted by atomic mass is 16.6. The van der Waals surface area contributed by atoms with Crippen molar-refractivity contribution in [2.24, 2.45) is 0 Å². The van der Waals surface area contributed by atoms with Crippen molar-refractivity contribution in [3.05, 3.63) is 69.8 Å². The summed E-state index contributed by atoms with van der Waals surface area (Å²) in [6.07, 6.45) is 0.718. The summed E-state index contributed by atoms with van der Waals surface area (Å²) >= 11 is 0. The van der Waals surface area contributed by atoms with Gasteiger partial charge in [-0.3, -0.25) is 15.0 Å². The molecule has 1 aliphatic rings. The Hall–Kier alpha value is -2.44. The zero-order valence-electron chi connectivity index (χ0n) is 15.3. The SMILES string of the molecule is Cc1cc(N(C)CC2(O)CCN(Cc3ccccc3)C2)ccc1[N+](=O)[O-]. The van der Waals surface area contributed by atoms with Gasteiger partial charge >= 0.3 is 0 Å². The Morgan fingerprint density at radius 1 is 1.27 bits per heavy atom. The zero-order valence-corrected chi connectivity index (χ0v) is 15.3. The average Bonchev–Trinajstić information content (AvgIpc) is 2.95. The molecule has 6 heteroatoms. The second-order valence-electron chi connectivity index (χ2n) is 7.25. The summed E-state index contributed by atoms with van der Waals surface area (Å²) in [6, 6.07) is 15.3. The van der Waals surface area contributed by atoms with E-state index >= 15 is 0 Å². The van der Waals surface area contributed by atoms with Crippen molar-refractivity contribution in [2.75, 3.05) is 31.6 Å². The summed E-state index contributed by atoms with van der Waals surface area (Å²) in [5.74, 6) is 0. The van der Waals surface area contributed by atoms with Gasteiger partial charge in [0, 0.05) is 50.5 Å². The number of benzene rings is 2. The number of nitro benzene ring substituents is 1. The van der Waals surface area contributed by atoms with Crippen LogP contribution >= 0.6 is 0 Å². The summed E-state index contributed by atoms with van der Waals surface area (Å²) in [5, 5.41) is 22.0. The molecule has 0 radical (unpaired) electrons. The number of aliphatic hydroxyl groups is 1. The fourth-order valence-corrected chi connectivity index (χ4v) is 3.66. The monoisotopic (exact) mass is 355 g/mol. The van der Waals surface area contributed by atoms with E-state index < -0.39 is 5.60 Å². The number of hydrogen-bond acceptors (Lipinski definition) is 5. The van der Waals surface area contributed by atoms with E-state index in [0.29, 0.717) is 18.7 Å². The first-order valence-corrected chi connectivity index (χ1v) is 8.81. The number of likely N-dealkylation sites (N-methyl/N-ethyl adjacent to an activating group) is 1. The number of β-amino-alcohol motifs (C(OH)–C–C–N with tert-alkyl or cyclic N) is 1. The third-order valence-corrected chi connectivity index (χ3v) is 5.01. The van der Waals surface area contributed by atoms with Gasteiger partial charge in [0.15, 0.2) is 0 Å². The molecule has 1 N–H and O–H groups in total. The fourth-order valence-electron chi connectivity index (χ4n) is 3.66. The van der Waals surface area contributed by atoms with E-state index in [0.717, 1.165) is 25.2 Å². The number of nitrogens with zero attached hydrogens (tertiary/aromatic N) is 3. The molecule has 138 valence electrons. The molecule has 3 rings (SSSR count). The van der Waals surface area contributed by atoms with Crippen molar-refractivity contribution in [2.45, 2.75) is 25.5 Å². The Balaban J connectivity index is 1.63. The van der Waals surface area contributed by atoms with Crippen molar-refractivity contribution >= 4 is 11.4 Å². The van der Waals surface area contributed by atoms with Crippen LogP contribution in [0.2, 0.25) is 0 Å². The van der Waals surface area contributed by atoms with Crippen LogP contribution in [-0.2, 0) is 6.54 Å². The maximum Gasteiger partial charge on any atom is 0.272 e. The maximum atomic E-state index is 11.0. The number of aryl methyl sites for hydroxylation is 1. The average molecular weight is 355 g/mol. The van der Waals surface area contributed by atoms with E-state index in [1.807, 2.05) is 30.1 Å². The van der Waals surface area contributed by atoms with E-state index in [1.54, 1.807) is 19.1 Å². The molecule has 1 fully saturated rings. The molecule has 2 aromatic carbocycles. The van der Waals surface area contributed by atoms with Crippen molar-refractivity contribution in [3.8, 4) is 0 Å². The Bertz CT molecular complexity index is 781. The molecule has 1 saturated heterocycles. The van der Waals surface area contributed by atoms with Crippen LogP contribution in [0.15, 0.2) is 48.5 Å². The molecule has 1 heterocycles. The molecule has 0 amide bonds. The van der Waals surface area contributed by atoms with Gasteiger partial charge in [0.2, 0.25) is 0 Å². The smallest absolute Gasteiger partial charge is 0.272 e. The first kappa shape index (κ1) is 18.4. The second kappa shape index (κ2) is 7.43. The standard InChI is InChI=1S/C20H25N3O3/c1-16-12-18(8-9-19(16)23(25)26)21(2)14-20(24)10-11-22(15-20)13-17-6-4-3-5-7-17/h3-9,12,24H,10-11,13-15H2,1-2H3. The molecule has 1 aliphatic heterocycles. The van der Waals surface area contributed by atoms with Crippen LogP contribution in [0, 0.1) is 17.0 Å². The predicted octanol–water partition coefficient (Wildman–Crippen LogP) is 2.98. The minimum Gasteiger partial charge on any atom is -0.387 e. The first-order valence-electron chi connectivity index (χ1n) is 8.81. The van der Waals surface area contributed by atoms with Crippen LogP contribution in [0.5, 0.6) is 0 Å². The third-order valence-electron chi connectivity index (χ3n) is 5.01. The number of nitro groups is 1. The molecule has 26 heavy (non-hydrogen) atoms. The van der Waals surface area contributed by atoms with Crippen LogP contribution in [-0.4, -0.2) is 47.2 Å². The van der Waals surface area contributed by atoms with E-state index in [-0.39, 0.29) is 10.6 Å².